The van der Waals surface area contributed by atoms with Crippen molar-refractivity contribution in [3.8, 4) is 0 Å². The number of rotatable bonds is 5. The normalized spacial score (nSPS) is 24.9. The highest BCUT2D eigenvalue weighted by atomic mass is 16.4. The summed E-state index contributed by atoms with van der Waals surface area (Å²) in [5.74, 6) is -0.905. The van der Waals surface area contributed by atoms with Crippen LogP contribution in [-0.4, -0.2) is 58.5 Å². The molecule has 2 aliphatic heterocycles. The number of amides is 1. The number of nitrogens with zero attached hydrogens (tertiary/aromatic N) is 2. The van der Waals surface area contributed by atoms with E-state index in [2.05, 4.69) is 4.90 Å². The average Bonchev–Trinajstić information content (AvgIpc) is 3.14. The zero-order chi connectivity index (χ0) is 16.9. The Hall–Kier alpha value is -1.88. The zero-order valence-corrected chi connectivity index (χ0v) is 14.1. The van der Waals surface area contributed by atoms with E-state index in [1.807, 2.05) is 30.3 Å². The number of hydrogen-bond donors (Lipinski definition) is 1. The molecule has 2 heterocycles. The number of piperidine rings is 1. The first kappa shape index (κ1) is 17.0. The molecule has 0 spiro atoms. The topological polar surface area (TPSA) is 60.9 Å². The van der Waals surface area contributed by atoms with Gasteiger partial charge in [-0.15, -0.1) is 0 Å². The number of carbonyl (C=O) groups excluding carboxylic acids is 1. The molecule has 2 fully saturated rings. The van der Waals surface area contributed by atoms with Gasteiger partial charge in [0.2, 0.25) is 5.91 Å². The first-order valence-corrected chi connectivity index (χ1v) is 8.95. The minimum Gasteiger partial charge on any atom is -0.480 e. The summed E-state index contributed by atoms with van der Waals surface area (Å²) >= 11 is 0. The third kappa shape index (κ3) is 3.96. The minimum absolute atomic E-state index is 0.0360. The van der Waals surface area contributed by atoms with Gasteiger partial charge in [0.05, 0.1) is 0 Å². The number of hydrogen-bond acceptors (Lipinski definition) is 3. The van der Waals surface area contributed by atoms with Gasteiger partial charge in [-0.25, -0.2) is 4.79 Å². The molecule has 0 aliphatic carbocycles. The third-order valence-electron chi connectivity index (χ3n) is 5.31. The Balaban J connectivity index is 1.59. The molecule has 2 atom stereocenters. The second kappa shape index (κ2) is 7.79. The molecule has 0 bridgehead atoms. The molecule has 2 saturated heterocycles. The van der Waals surface area contributed by atoms with E-state index < -0.39 is 12.0 Å². The Labute approximate surface area is 143 Å². The van der Waals surface area contributed by atoms with Gasteiger partial charge in [-0.2, -0.15) is 0 Å². The lowest BCUT2D eigenvalue weighted by molar-refractivity contribution is -0.153. The van der Waals surface area contributed by atoms with Gasteiger partial charge in [0, 0.05) is 19.0 Å². The molecule has 0 unspecified atom stereocenters. The summed E-state index contributed by atoms with van der Waals surface area (Å²) in [4.78, 5) is 28.3. The van der Waals surface area contributed by atoms with Crippen molar-refractivity contribution in [1.29, 1.82) is 0 Å². The highest BCUT2D eigenvalue weighted by molar-refractivity contribution is 5.84. The molecule has 1 aromatic rings. The SMILES string of the molecule is O=C(O)[C@@H]1C[C@@H](N2CCCC2)CCN1C(=O)CCc1ccccc1. The van der Waals surface area contributed by atoms with Crippen molar-refractivity contribution in [2.24, 2.45) is 0 Å². The predicted octanol–water partition coefficient (Wildman–Crippen LogP) is 2.16. The maximum atomic E-state index is 12.6. The molecule has 5 heteroatoms. The van der Waals surface area contributed by atoms with Crippen molar-refractivity contribution in [3.05, 3.63) is 35.9 Å². The molecule has 130 valence electrons. The van der Waals surface area contributed by atoms with E-state index >= 15 is 0 Å². The molecular weight excluding hydrogens is 304 g/mol. The van der Waals surface area contributed by atoms with Gasteiger partial charge in [-0.3, -0.25) is 4.79 Å². The lowest BCUT2D eigenvalue weighted by Gasteiger charge is -2.40. The fourth-order valence-corrected chi connectivity index (χ4v) is 3.96. The van der Waals surface area contributed by atoms with E-state index in [0.717, 1.165) is 25.1 Å². The molecule has 1 N–H and O–H groups in total. The van der Waals surface area contributed by atoms with Crippen LogP contribution in [0, 0.1) is 0 Å². The van der Waals surface area contributed by atoms with Crippen molar-refractivity contribution < 1.29 is 14.7 Å². The highest BCUT2D eigenvalue weighted by Gasteiger charge is 2.38. The van der Waals surface area contributed by atoms with E-state index in [1.54, 1.807) is 4.90 Å². The second-order valence-corrected chi connectivity index (χ2v) is 6.85. The van der Waals surface area contributed by atoms with Gasteiger partial charge in [0.25, 0.3) is 0 Å². The standard InChI is InChI=1S/C19H26N2O3/c22-18(9-8-15-6-2-1-3-7-15)21-13-10-16(14-17(21)19(23)24)20-11-4-5-12-20/h1-3,6-7,16-17H,4-5,8-14H2,(H,23,24)/t16-,17-/m0/s1. The van der Waals surface area contributed by atoms with Crippen LogP contribution in [0.25, 0.3) is 0 Å². The van der Waals surface area contributed by atoms with E-state index in [4.69, 9.17) is 0 Å². The number of aliphatic carboxylic acids is 1. The molecular formula is C19H26N2O3. The first-order chi connectivity index (χ1) is 11.6. The van der Waals surface area contributed by atoms with Crippen LogP contribution >= 0.6 is 0 Å². The predicted molar refractivity (Wildman–Crippen MR) is 91.7 cm³/mol. The van der Waals surface area contributed by atoms with Crippen LogP contribution in [0.2, 0.25) is 0 Å². The largest absolute Gasteiger partial charge is 0.480 e. The van der Waals surface area contributed by atoms with Gasteiger partial charge in [0.1, 0.15) is 6.04 Å². The maximum absolute atomic E-state index is 12.6. The van der Waals surface area contributed by atoms with Crippen LogP contribution in [0.3, 0.4) is 0 Å². The molecule has 0 aromatic heterocycles. The molecule has 1 aromatic carbocycles. The minimum atomic E-state index is -0.869. The lowest BCUT2D eigenvalue weighted by atomic mass is 9.95. The third-order valence-corrected chi connectivity index (χ3v) is 5.31. The molecule has 1 amide bonds. The molecule has 0 saturated carbocycles. The number of carboxylic acids is 1. The van der Waals surface area contributed by atoms with E-state index in [1.165, 1.54) is 12.8 Å². The van der Waals surface area contributed by atoms with Gasteiger partial charge in [0.15, 0.2) is 0 Å². The Morgan fingerprint density at radius 2 is 1.79 bits per heavy atom. The quantitative estimate of drug-likeness (QED) is 0.899. The van der Waals surface area contributed by atoms with Crippen molar-refractivity contribution in [2.45, 2.75) is 50.6 Å². The second-order valence-electron chi connectivity index (χ2n) is 6.85. The monoisotopic (exact) mass is 330 g/mol. The number of carbonyl (C=O) groups is 2. The summed E-state index contributed by atoms with van der Waals surface area (Å²) in [6.07, 6.45) is 4.90. The number of likely N-dealkylation sites (tertiary alicyclic amines) is 2. The summed E-state index contributed by atoms with van der Waals surface area (Å²) < 4.78 is 0. The first-order valence-electron chi connectivity index (χ1n) is 8.95. The van der Waals surface area contributed by atoms with E-state index in [-0.39, 0.29) is 5.91 Å². The van der Waals surface area contributed by atoms with Crippen molar-refractivity contribution in [3.63, 3.8) is 0 Å². The Bertz CT molecular complexity index is 569. The number of benzene rings is 1. The summed E-state index contributed by atoms with van der Waals surface area (Å²) in [7, 11) is 0. The van der Waals surface area contributed by atoms with Crippen LogP contribution < -0.4 is 0 Å². The lowest BCUT2D eigenvalue weighted by Crippen LogP contribution is -2.54. The molecule has 3 rings (SSSR count). The summed E-state index contributed by atoms with van der Waals surface area (Å²) in [5, 5.41) is 9.59. The smallest absolute Gasteiger partial charge is 0.326 e. The van der Waals surface area contributed by atoms with Crippen LogP contribution in [0.5, 0.6) is 0 Å². The van der Waals surface area contributed by atoms with E-state index in [9.17, 15) is 14.7 Å². The van der Waals surface area contributed by atoms with Crippen LogP contribution in [0.15, 0.2) is 30.3 Å². The summed E-state index contributed by atoms with van der Waals surface area (Å²) in [6, 6.07) is 9.51. The summed E-state index contributed by atoms with van der Waals surface area (Å²) in [6.45, 7) is 2.70. The van der Waals surface area contributed by atoms with E-state index in [0.29, 0.717) is 31.8 Å². The fraction of sp³-hybridized carbons (Fsp3) is 0.579. The van der Waals surface area contributed by atoms with Gasteiger partial charge in [-0.05, 0) is 50.8 Å². The molecule has 2 aliphatic rings. The van der Waals surface area contributed by atoms with Crippen molar-refractivity contribution in [2.75, 3.05) is 19.6 Å². The summed E-state index contributed by atoms with van der Waals surface area (Å²) in [5.41, 5.74) is 1.12. The fourth-order valence-electron chi connectivity index (χ4n) is 3.96. The number of aryl methyl sites for hydroxylation is 1. The van der Waals surface area contributed by atoms with Crippen LogP contribution in [-0.2, 0) is 16.0 Å². The maximum Gasteiger partial charge on any atom is 0.326 e. The Morgan fingerprint density at radius 3 is 2.46 bits per heavy atom. The Morgan fingerprint density at radius 1 is 1.08 bits per heavy atom. The van der Waals surface area contributed by atoms with Gasteiger partial charge >= 0.3 is 5.97 Å². The molecule has 24 heavy (non-hydrogen) atoms. The molecule has 0 radical (unpaired) electrons. The highest BCUT2D eigenvalue weighted by Crippen LogP contribution is 2.26. The van der Waals surface area contributed by atoms with Crippen LogP contribution in [0.1, 0.15) is 37.7 Å². The molecule has 5 nitrogen and oxygen atoms in total. The van der Waals surface area contributed by atoms with Gasteiger partial charge < -0.3 is 14.9 Å². The van der Waals surface area contributed by atoms with Crippen molar-refractivity contribution in [1.82, 2.24) is 9.80 Å². The van der Waals surface area contributed by atoms with Crippen LogP contribution in [0.4, 0.5) is 0 Å². The zero-order valence-electron chi connectivity index (χ0n) is 14.1. The Kier molecular flexibility index (Phi) is 5.51. The van der Waals surface area contributed by atoms with Crippen molar-refractivity contribution >= 4 is 11.9 Å². The average molecular weight is 330 g/mol. The van der Waals surface area contributed by atoms with Gasteiger partial charge in [-0.1, -0.05) is 30.3 Å². The number of carboxylic acid groups (broad SMARTS) is 1.